The molecule has 0 radical (unpaired) electrons. The van der Waals surface area contributed by atoms with E-state index in [2.05, 4.69) is 41.4 Å². The molecule has 0 aromatic heterocycles. The van der Waals surface area contributed by atoms with Crippen LogP contribution in [0, 0.1) is 17.8 Å². The number of amides is 1. The number of carbonyl (C=O) groups excluding carboxylic acids is 1. The Hall–Kier alpha value is -0.810. The van der Waals surface area contributed by atoms with Gasteiger partial charge in [-0.3, -0.25) is 9.69 Å². The third-order valence-corrected chi connectivity index (χ3v) is 7.17. The minimum absolute atomic E-state index is 0. The Labute approximate surface area is 181 Å². The molecule has 3 fully saturated rings. The highest BCUT2D eigenvalue weighted by atomic mass is 35.5. The molecule has 1 aromatic rings. The quantitative estimate of drug-likeness (QED) is 0.748. The van der Waals surface area contributed by atoms with Gasteiger partial charge in [0.1, 0.15) is 0 Å². The number of rotatable bonds is 5. The SMILES string of the molecule is CC1CCCCN1Cc1ccccc1CNC(=O)C1C2CCC(C2)C1N.Cl.Cl. The topological polar surface area (TPSA) is 58.4 Å². The van der Waals surface area contributed by atoms with Gasteiger partial charge >= 0.3 is 0 Å². The maximum atomic E-state index is 12.8. The van der Waals surface area contributed by atoms with E-state index in [1.54, 1.807) is 0 Å². The van der Waals surface area contributed by atoms with Gasteiger partial charge in [-0.1, -0.05) is 30.7 Å². The molecule has 3 N–H and O–H groups in total. The normalized spacial score (nSPS) is 31.7. The molecule has 3 aliphatic rings. The number of halogens is 2. The number of piperidine rings is 1. The first kappa shape index (κ1) is 23.5. The third-order valence-electron chi connectivity index (χ3n) is 7.17. The van der Waals surface area contributed by atoms with E-state index in [0.29, 0.717) is 24.4 Å². The first-order chi connectivity index (χ1) is 12.6. The first-order valence-corrected chi connectivity index (χ1v) is 10.5. The van der Waals surface area contributed by atoms with Crippen LogP contribution < -0.4 is 11.1 Å². The molecule has 2 aliphatic carbocycles. The highest BCUT2D eigenvalue weighted by molar-refractivity contribution is 5.85. The monoisotopic (exact) mass is 427 g/mol. The number of nitrogens with one attached hydrogen (secondary N) is 1. The number of nitrogens with two attached hydrogens (primary N) is 1. The fourth-order valence-corrected chi connectivity index (χ4v) is 5.52. The van der Waals surface area contributed by atoms with Crippen LogP contribution in [-0.2, 0) is 17.9 Å². The average molecular weight is 428 g/mol. The fraction of sp³-hybridized carbons (Fsp3) is 0.682. The molecule has 1 heterocycles. The number of hydrogen-bond acceptors (Lipinski definition) is 3. The van der Waals surface area contributed by atoms with Crippen LogP contribution in [0.15, 0.2) is 24.3 Å². The van der Waals surface area contributed by atoms with Crippen molar-refractivity contribution in [2.24, 2.45) is 23.5 Å². The second-order valence-corrected chi connectivity index (χ2v) is 8.74. The van der Waals surface area contributed by atoms with Crippen molar-refractivity contribution < 1.29 is 4.79 Å². The molecule has 4 rings (SSSR count). The van der Waals surface area contributed by atoms with Crippen molar-refractivity contribution in [3.05, 3.63) is 35.4 Å². The Kier molecular flexibility index (Phi) is 8.62. The van der Waals surface area contributed by atoms with Gasteiger partial charge in [0, 0.05) is 25.2 Å². The van der Waals surface area contributed by atoms with E-state index < -0.39 is 0 Å². The minimum atomic E-state index is 0. The summed E-state index contributed by atoms with van der Waals surface area (Å²) in [6.07, 6.45) is 7.49. The Balaban J connectivity index is 0.00000140. The highest BCUT2D eigenvalue weighted by Gasteiger charge is 2.48. The van der Waals surface area contributed by atoms with Crippen LogP contribution in [0.3, 0.4) is 0 Å². The molecule has 1 saturated heterocycles. The van der Waals surface area contributed by atoms with Gasteiger partial charge in [-0.2, -0.15) is 0 Å². The van der Waals surface area contributed by atoms with Gasteiger partial charge in [-0.15, -0.1) is 24.8 Å². The van der Waals surface area contributed by atoms with Crippen molar-refractivity contribution in [3.8, 4) is 0 Å². The molecule has 5 atom stereocenters. The predicted octanol–water partition coefficient (Wildman–Crippen LogP) is 3.89. The molecule has 5 unspecified atom stereocenters. The average Bonchev–Trinajstić information content (AvgIpc) is 3.24. The fourth-order valence-electron chi connectivity index (χ4n) is 5.52. The van der Waals surface area contributed by atoms with E-state index in [4.69, 9.17) is 5.73 Å². The van der Waals surface area contributed by atoms with E-state index >= 15 is 0 Å². The molecular weight excluding hydrogens is 393 g/mol. The number of likely N-dealkylation sites (tertiary alicyclic amines) is 1. The number of nitrogens with zero attached hydrogens (tertiary/aromatic N) is 1. The Morgan fingerprint density at radius 3 is 2.50 bits per heavy atom. The summed E-state index contributed by atoms with van der Waals surface area (Å²) in [7, 11) is 0. The minimum Gasteiger partial charge on any atom is -0.352 e. The first-order valence-electron chi connectivity index (χ1n) is 10.5. The zero-order valence-corrected chi connectivity index (χ0v) is 18.4. The lowest BCUT2D eigenvalue weighted by atomic mass is 9.84. The van der Waals surface area contributed by atoms with Crippen LogP contribution in [0.1, 0.15) is 56.6 Å². The van der Waals surface area contributed by atoms with Gasteiger partial charge in [-0.05, 0) is 68.5 Å². The molecule has 2 saturated carbocycles. The Morgan fingerprint density at radius 1 is 1.11 bits per heavy atom. The second kappa shape index (κ2) is 10.3. The molecular formula is C22H35Cl2N3O. The Morgan fingerprint density at radius 2 is 1.82 bits per heavy atom. The zero-order chi connectivity index (χ0) is 18.1. The zero-order valence-electron chi connectivity index (χ0n) is 16.8. The molecule has 0 spiro atoms. The predicted molar refractivity (Wildman–Crippen MR) is 119 cm³/mol. The molecule has 4 nitrogen and oxygen atoms in total. The maximum absolute atomic E-state index is 12.8. The molecule has 28 heavy (non-hydrogen) atoms. The smallest absolute Gasteiger partial charge is 0.225 e. The number of carbonyl (C=O) groups is 1. The summed E-state index contributed by atoms with van der Waals surface area (Å²) >= 11 is 0. The summed E-state index contributed by atoms with van der Waals surface area (Å²) in [4.78, 5) is 15.4. The van der Waals surface area contributed by atoms with Crippen molar-refractivity contribution in [1.29, 1.82) is 0 Å². The molecule has 1 aromatic carbocycles. The van der Waals surface area contributed by atoms with E-state index in [1.807, 2.05) is 0 Å². The number of benzene rings is 1. The third kappa shape index (κ3) is 4.84. The summed E-state index contributed by atoms with van der Waals surface area (Å²) < 4.78 is 0. The van der Waals surface area contributed by atoms with Crippen molar-refractivity contribution >= 4 is 30.7 Å². The lowest BCUT2D eigenvalue weighted by molar-refractivity contribution is -0.127. The van der Waals surface area contributed by atoms with Crippen LogP contribution in [0.25, 0.3) is 0 Å². The van der Waals surface area contributed by atoms with Crippen LogP contribution in [0.5, 0.6) is 0 Å². The maximum Gasteiger partial charge on any atom is 0.225 e. The summed E-state index contributed by atoms with van der Waals surface area (Å²) in [5.41, 5.74) is 8.93. The van der Waals surface area contributed by atoms with Gasteiger partial charge in [0.15, 0.2) is 0 Å². The van der Waals surface area contributed by atoms with E-state index in [1.165, 1.54) is 49.8 Å². The van der Waals surface area contributed by atoms with Crippen LogP contribution in [0.2, 0.25) is 0 Å². The van der Waals surface area contributed by atoms with E-state index in [9.17, 15) is 4.79 Å². The lowest BCUT2D eigenvalue weighted by Crippen LogP contribution is -2.45. The molecule has 2 bridgehead atoms. The van der Waals surface area contributed by atoms with Crippen molar-refractivity contribution in [2.75, 3.05) is 6.54 Å². The Bertz CT molecular complexity index is 654. The van der Waals surface area contributed by atoms with E-state index in [0.717, 1.165) is 13.0 Å². The number of fused-ring (bicyclic) bond motifs is 2. The summed E-state index contributed by atoms with van der Waals surface area (Å²) in [6, 6.07) is 9.28. The molecule has 1 aliphatic heterocycles. The van der Waals surface area contributed by atoms with Gasteiger partial charge in [0.05, 0.1) is 5.92 Å². The highest BCUT2D eigenvalue weighted by Crippen LogP contribution is 2.47. The lowest BCUT2D eigenvalue weighted by Gasteiger charge is -2.34. The van der Waals surface area contributed by atoms with E-state index in [-0.39, 0.29) is 42.7 Å². The second-order valence-electron chi connectivity index (χ2n) is 8.74. The van der Waals surface area contributed by atoms with Gasteiger partial charge in [0.25, 0.3) is 0 Å². The van der Waals surface area contributed by atoms with Gasteiger partial charge in [0.2, 0.25) is 5.91 Å². The van der Waals surface area contributed by atoms with Gasteiger partial charge in [-0.25, -0.2) is 0 Å². The molecule has 158 valence electrons. The van der Waals surface area contributed by atoms with Crippen LogP contribution in [-0.4, -0.2) is 29.4 Å². The summed E-state index contributed by atoms with van der Waals surface area (Å²) in [5.74, 6) is 1.29. The van der Waals surface area contributed by atoms with Crippen molar-refractivity contribution in [3.63, 3.8) is 0 Å². The van der Waals surface area contributed by atoms with Gasteiger partial charge < -0.3 is 11.1 Å². The molecule has 1 amide bonds. The van der Waals surface area contributed by atoms with Crippen LogP contribution >= 0.6 is 24.8 Å². The largest absolute Gasteiger partial charge is 0.352 e. The summed E-state index contributed by atoms with van der Waals surface area (Å²) in [6.45, 7) is 5.13. The van der Waals surface area contributed by atoms with Crippen molar-refractivity contribution in [1.82, 2.24) is 10.2 Å². The summed E-state index contributed by atoms with van der Waals surface area (Å²) in [5, 5.41) is 3.21. The number of hydrogen-bond donors (Lipinski definition) is 2. The van der Waals surface area contributed by atoms with Crippen LogP contribution in [0.4, 0.5) is 0 Å². The van der Waals surface area contributed by atoms with Crippen molar-refractivity contribution in [2.45, 2.75) is 70.6 Å². The standard InChI is InChI=1S/C22H33N3O.2ClH/c1-15-6-4-5-11-25(15)14-19-8-3-2-7-18(19)13-24-22(26)20-16-9-10-17(12-16)21(20)23;;/h2-3,7-8,15-17,20-21H,4-6,9-14,23H2,1H3,(H,24,26);2*1H. The molecule has 6 heteroatoms.